The summed E-state index contributed by atoms with van der Waals surface area (Å²) in [5, 5.41) is 0.846. The van der Waals surface area contributed by atoms with Gasteiger partial charge < -0.3 is 0 Å². The van der Waals surface area contributed by atoms with Crippen LogP contribution in [0.5, 0.6) is 0 Å². The van der Waals surface area contributed by atoms with Gasteiger partial charge in [0.1, 0.15) is 0 Å². The Labute approximate surface area is 162 Å². The Morgan fingerprint density at radius 2 is 1.35 bits per heavy atom. The molecule has 0 saturated heterocycles. The Kier molecular flexibility index (Phi) is 4.32. The number of ketones is 1. The summed E-state index contributed by atoms with van der Waals surface area (Å²) in [6, 6.07) is 20.9. The van der Waals surface area contributed by atoms with Crippen molar-refractivity contribution in [2.24, 2.45) is 0 Å². The van der Waals surface area contributed by atoms with Gasteiger partial charge in [0.25, 0.3) is 0 Å². The molecule has 0 N–H and O–H groups in total. The molecule has 0 unspecified atom stereocenters. The molecule has 3 aromatic rings. The molecule has 0 fully saturated rings. The van der Waals surface area contributed by atoms with E-state index < -0.39 is 0 Å². The SMILES string of the molecule is C#C[C@H](c1ccccc1)C1c2cccc(Cl)c2C(=O)c2c(Cl)cccc21. The highest BCUT2D eigenvalue weighted by molar-refractivity contribution is 6.39. The summed E-state index contributed by atoms with van der Waals surface area (Å²) in [6.07, 6.45) is 5.96. The summed E-state index contributed by atoms with van der Waals surface area (Å²) < 4.78 is 0. The van der Waals surface area contributed by atoms with Crippen molar-refractivity contribution in [1.29, 1.82) is 0 Å². The quantitative estimate of drug-likeness (QED) is 0.494. The van der Waals surface area contributed by atoms with Crippen LogP contribution in [0, 0.1) is 12.3 Å². The molecule has 3 aromatic carbocycles. The fourth-order valence-corrected chi connectivity index (χ4v) is 4.31. The molecule has 0 aromatic heterocycles. The number of fused-ring (bicyclic) bond motifs is 2. The van der Waals surface area contributed by atoms with Gasteiger partial charge in [0.2, 0.25) is 0 Å². The van der Waals surface area contributed by atoms with E-state index in [1.807, 2.05) is 54.6 Å². The molecule has 0 amide bonds. The van der Waals surface area contributed by atoms with Gasteiger partial charge in [-0.15, -0.1) is 6.42 Å². The number of hydrogen-bond donors (Lipinski definition) is 0. The van der Waals surface area contributed by atoms with Crippen LogP contribution in [0.1, 0.15) is 44.4 Å². The predicted molar refractivity (Wildman–Crippen MR) is 106 cm³/mol. The molecule has 0 spiro atoms. The zero-order valence-corrected chi connectivity index (χ0v) is 15.3. The fourth-order valence-electron chi connectivity index (χ4n) is 3.78. The van der Waals surface area contributed by atoms with Gasteiger partial charge in [-0.25, -0.2) is 0 Å². The molecule has 4 rings (SSSR count). The second-order valence-corrected chi connectivity index (χ2v) is 7.08. The molecule has 3 heteroatoms. The Morgan fingerprint density at radius 3 is 1.85 bits per heavy atom. The number of carbonyl (C=O) groups is 1. The van der Waals surface area contributed by atoms with E-state index in [2.05, 4.69) is 5.92 Å². The van der Waals surface area contributed by atoms with Gasteiger partial charge in [0, 0.05) is 17.0 Å². The lowest BCUT2D eigenvalue weighted by Crippen LogP contribution is -2.24. The average Bonchev–Trinajstić information content (AvgIpc) is 2.65. The average molecular weight is 377 g/mol. The standard InChI is InChI=1S/C23H14Cl2O/c1-2-15(14-8-4-3-5-9-14)20-16-10-6-12-18(24)21(16)23(26)22-17(20)11-7-13-19(22)25/h1,3-13,15,20H/t15-/m1/s1. The fraction of sp³-hybridized carbons (Fsp3) is 0.0870. The second-order valence-electron chi connectivity index (χ2n) is 6.27. The van der Waals surface area contributed by atoms with E-state index in [0.717, 1.165) is 16.7 Å². The predicted octanol–water partition coefficient (Wildman–Crippen LogP) is 6.09. The number of carbonyl (C=O) groups excluding carboxylic acids is 1. The third kappa shape index (κ3) is 2.54. The number of benzene rings is 3. The molecule has 1 atom stereocenters. The summed E-state index contributed by atoms with van der Waals surface area (Å²) >= 11 is 12.8. The third-order valence-corrected chi connectivity index (χ3v) is 5.52. The number of hydrogen-bond acceptors (Lipinski definition) is 1. The molecule has 0 radical (unpaired) electrons. The van der Waals surface area contributed by atoms with Crippen molar-refractivity contribution in [3.63, 3.8) is 0 Å². The first-order valence-corrected chi connectivity index (χ1v) is 9.01. The van der Waals surface area contributed by atoms with Crippen molar-refractivity contribution >= 4 is 29.0 Å². The van der Waals surface area contributed by atoms with E-state index in [0.29, 0.717) is 21.2 Å². The largest absolute Gasteiger partial charge is 0.288 e. The highest BCUT2D eigenvalue weighted by atomic mass is 35.5. The van der Waals surface area contributed by atoms with Crippen LogP contribution in [0.25, 0.3) is 0 Å². The van der Waals surface area contributed by atoms with Crippen LogP contribution in [0.2, 0.25) is 10.0 Å². The first-order valence-electron chi connectivity index (χ1n) is 8.26. The zero-order chi connectivity index (χ0) is 18.3. The van der Waals surface area contributed by atoms with Crippen LogP contribution >= 0.6 is 23.2 Å². The monoisotopic (exact) mass is 376 g/mol. The van der Waals surface area contributed by atoms with Crippen molar-refractivity contribution in [3.05, 3.63) is 105 Å². The van der Waals surface area contributed by atoms with Crippen LogP contribution in [-0.2, 0) is 0 Å². The highest BCUT2D eigenvalue weighted by Gasteiger charge is 2.38. The molecular weight excluding hydrogens is 363 g/mol. The maximum Gasteiger partial charge on any atom is 0.196 e. The Morgan fingerprint density at radius 1 is 0.808 bits per heavy atom. The van der Waals surface area contributed by atoms with E-state index >= 15 is 0 Å². The molecule has 0 bridgehead atoms. The highest BCUT2D eigenvalue weighted by Crippen LogP contribution is 2.47. The Hall–Kier alpha value is -2.53. The lowest BCUT2D eigenvalue weighted by Gasteiger charge is -2.32. The summed E-state index contributed by atoms with van der Waals surface area (Å²) in [5.41, 5.74) is 3.71. The van der Waals surface area contributed by atoms with Gasteiger partial charge in [0.15, 0.2) is 5.78 Å². The minimum atomic E-state index is -0.237. The molecule has 26 heavy (non-hydrogen) atoms. The van der Waals surface area contributed by atoms with Gasteiger partial charge in [-0.3, -0.25) is 4.79 Å². The summed E-state index contributed by atoms with van der Waals surface area (Å²) in [5.74, 6) is 2.35. The first kappa shape index (κ1) is 16.9. The topological polar surface area (TPSA) is 17.1 Å². The minimum Gasteiger partial charge on any atom is -0.288 e. The van der Waals surface area contributed by atoms with Crippen LogP contribution in [0.4, 0.5) is 0 Å². The molecule has 0 aliphatic heterocycles. The molecule has 0 heterocycles. The molecule has 0 saturated carbocycles. The van der Waals surface area contributed by atoms with Crippen LogP contribution < -0.4 is 0 Å². The molecule has 1 aliphatic carbocycles. The number of halogens is 2. The molecular formula is C23H14Cl2O. The van der Waals surface area contributed by atoms with Crippen molar-refractivity contribution in [3.8, 4) is 12.3 Å². The van der Waals surface area contributed by atoms with Gasteiger partial charge in [-0.1, -0.05) is 83.7 Å². The lowest BCUT2D eigenvalue weighted by molar-refractivity contribution is 0.103. The summed E-state index contributed by atoms with van der Waals surface area (Å²) in [6.45, 7) is 0. The molecule has 1 aliphatic rings. The van der Waals surface area contributed by atoms with Crippen LogP contribution in [-0.4, -0.2) is 5.78 Å². The molecule has 126 valence electrons. The second kappa shape index (κ2) is 6.65. The van der Waals surface area contributed by atoms with E-state index in [4.69, 9.17) is 29.6 Å². The zero-order valence-electron chi connectivity index (χ0n) is 13.7. The number of rotatable bonds is 2. The van der Waals surface area contributed by atoms with E-state index in [9.17, 15) is 4.79 Å². The van der Waals surface area contributed by atoms with E-state index in [1.54, 1.807) is 12.1 Å². The summed E-state index contributed by atoms with van der Waals surface area (Å²) in [7, 11) is 0. The van der Waals surface area contributed by atoms with Crippen molar-refractivity contribution in [1.82, 2.24) is 0 Å². The smallest absolute Gasteiger partial charge is 0.196 e. The Balaban J connectivity index is 2.03. The van der Waals surface area contributed by atoms with Gasteiger partial charge in [0.05, 0.1) is 16.0 Å². The van der Waals surface area contributed by atoms with E-state index in [1.165, 1.54) is 0 Å². The van der Waals surface area contributed by atoms with Gasteiger partial charge in [-0.05, 0) is 28.8 Å². The van der Waals surface area contributed by atoms with Crippen molar-refractivity contribution in [2.45, 2.75) is 11.8 Å². The Bertz CT molecular complexity index is 992. The maximum atomic E-state index is 13.1. The lowest BCUT2D eigenvalue weighted by atomic mass is 9.70. The molecule has 1 nitrogen and oxygen atoms in total. The first-order chi connectivity index (χ1) is 12.6. The van der Waals surface area contributed by atoms with Crippen molar-refractivity contribution < 1.29 is 4.79 Å². The minimum absolute atomic E-state index is 0.147. The van der Waals surface area contributed by atoms with E-state index in [-0.39, 0.29) is 17.6 Å². The third-order valence-electron chi connectivity index (χ3n) is 4.89. The maximum absolute atomic E-state index is 13.1. The van der Waals surface area contributed by atoms with Crippen LogP contribution in [0.3, 0.4) is 0 Å². The summed E-state index contributed by atoms with van der Waals surface area (Å²) in [4.78, 5) is 13.1. The van der Waals surface area contributed by atoms with Gasteiger partial charge >= 0.3 is 0 Å². The van der Waals surface area contributed by atoms with Crippen LogP contribution in [0.15, 0.2) is 66.7 Å². The van der Waals surface area contributed by atoms with Crippen molar-refractivity contribution in [2.75, 3.05) is 0 Å². The normalized spacial score (nSPS) is 14.3. The van der Waals surface area contributed by atoms with Gasteiger partial charge in [-0.2, -0.15) is 0 Å². The number of terminal acetylenes is 1.